The largest absolute Gasteiger partial charge is 0.380 e. The minimum Gasteiger partial charge on any atom is -0.380 e. The number of aliphatic hydroxyl groups excluding tert-OH is 1. The van der Waals surface area contributed by atoms with E-state index in [1.165, 1.54) is 11.3 Å². The third-order valence-electron chi connectivity index (χ3n) is 2.09. The topological polar surface area (TPSA) is 50.9 Å². The highest BCUT2D eigenvalue weighted by Crippen LogP contribution is 2.26. The second-order valence-electron chi connectivity index (χ2n) is 3.02. The Labute approximate surface area is 99.7 Å². The van der Waals surface area contributed by atoms with E-state index in [9.17, 15) is 5.11 Å². The van der Waals surface area contributed by atoms with Crippen LogP contribution in [0.3, 0.4) is 0 Å². The SMILES string of the molecule is CCn1cncc1C(O)c1nc(Br)cs1. The van der Waals surface area contributed by atoms with E-state index in [1.54, 1.807) is 12.5 Å². The van der Waals surface area contributed by atoms with E-state index >= 15 is 0 Å². The molecule has 0 saturated heterocycles. The van der Waals surface area contributed by atoms with Gasteiger partial charge in [-0.25, -0.2) is 9.97 Å². The van der Waals surface area contributed by atoms with Gasteiger partial charge in [0.1, 0.15) is 15.7 Å². The number of halogens is 1. The highest BCUT2D eigenvalue weighted by atomic mass is 79.9. The molecule has 0 fully saturated rings. The van der Waals surface area contributed by atoms with E-state index in [2.05, 4.69) is 25.9 Å². The Hall–Kier alpha value is -0.720. The molecule has 0 amide bonds. The van der Waals surface area contributed by atoms with E-state index in [4.69, 9.17) is 0 Å². The summed E-state index contributed by atoms with van der Waals surface area (Å²) in [5, 5.41) is 12.6. The third-order valence-corrected chi connectivity index (χ3v) is 3.70. The lowest BCUT2D eigenvalue weighted by Gasteiger charge is -2.09. The van der Waals surface area contributed by atoms with Crippen molar-refractivity contribution in [1.82, 2.24) is 14.5 Å². The number of thiazole rings is 1. The van der Waals surface area contributed by atoms with Gasteiger partial charge in [0.25, 0.3) is 0 Å². The number of aliphatic hydroxyl groups is 1. The smallest absolute Gasteiger partial charge is 0.147 e. The van der Waals surface area contributed by atoms with Gasteiger partial charge in [0.2, 0.25) is 0 Å². The maximum atomic E-state index is 10.1. The van der Waals surface area contributed by atoms with Crippen molar-refractivity contribution in [3.63, 3.8) is 0 Å². The monoisotopic (exact) mass is 287 g/mol. The van der Waals surface area contributed by atoms with Gasteiger partial charge in [-0.2, -0.15) is 0 Å². The van der Waals surface area contributed by atoms with E-state index in [0.717, 1.165) is 16.8 Å². The lowest BCUT2D eigenvalue weighted by molar-refractivity contribution is 0.209. The van der Waals surface area contributed by atoms with Gasteiger partial charge in [0.05, 0.1) is 18.2 Å². The standard InChI is InChI=1S/C9H10BrN3OS/c1-2-13-5-11-3-6(13)8(14)9-12-7(10)4-15-9/h3-5,8,14H,2H2,1H3. The van der Waals surface area contributed by atoms with Crippen molar-refractivity contribution in [2.75, 3.05) is 0 Å². The summed E-state index contributed by atoms with van der Waals surface area (Å²) in [7, 11) is 0. The van der Waals surface area contributed by atoms with E-state index in [1.807, 2.05) is 16.9 Å². The fourth-order valence-corrected chi connectivity index (χ4v) is 2.60. The Kier molecular flexibility index (Phi) is 3.18. The van der Waals surface area contributed by atoms with Crippen LogP contribution in [0.15, 0.2) is 22.5 Å². The molecule has 0 radical (unpaired) electrons. The molecule has 0 aliphatic heterocycles. The number of nitrogens with zero attached hydrogens (tertiary/aromatic N) is 3. The first-order valence-corrected chi connectivity index (χ1v) is 6.18. The highest BCUT2D eigenvalue weighted by molar-refractivity contribution is 9.10. The molecular formula is C9H10BrN3OS. The molecular weight excluding hydrogens is 278 g/mol. The van der Waals surface area contributed by atoms with Gasteiger partial charge in [-0.1, -0.05) is 0 Å². The van der Waals surface area contributed by atoms with Crippen molar-refractivity contribution >= 4 is 27.3 Å². The minimum atomic E-state index is -0.691. The van der Waals surface area contributed by atoms with Crippen LogP contribution in [0.5, 0.6) is 0 Å². The van der Waals surface area contributed by atoms with Crippen LogP contribution in [-0.2, 0) is 6.54 Å². The number of imidazole rings is 1. The molecule has 15 heavy (non-hydrogen) atoms. The Morgan fingerprint density at radius 3 is 3.07 bits per heavy atom. The molecule has 2 heterocycles. The molecule has 0 aliphatic rings. The zero-order valence-electron chi connectivity index (χ0n) is 8.09. The van der Waals surface area contributed by atoms with E-state index < -0.39 is 6.10 Å². The number of rotatable bonds is 3. The van der Waals surface area contributed by atoms with Crippen molar-refractivity contribution in [2.24, 2.45) is 0 Å². The third kappa shape index (κ3) is 2.11. The molecule has 80 valence electrons. The molecule has 2 aromatic rings. The van der Waals surface area contributed by atoms with E-state index in [0.29, 0.717) is 5.01 Å². The van der Waals surface area contributed by atoms with E-state index in [-0.39, 0.29) is 0 Å². The van der Waals surface area contributed by atoms with Gasteiger partial charge in [0, 0.05) is 11.9 Å². The minimum absolute atomic E-state index is 0.678. The van der Waals surface area contributed by atoms with Gasteiger partial charge in [-0.15, -0.1) is 11.3 Å². The molecule has 1 atom stereocenters. The summed E-state index contributed by atoms with van der Waals surface area (Å²) in [5.74, 6) is 0. The molecule has 4 nitrogen and oxygen atoms in total. The first-order valence-electron chi connectivity index (χ1n) is 4.51. The van der Waals surface area contributed by atoms with Crippen LogP contribution in [0, 0.1) is 0 Å². The number of hydrogen-bond donors (Lipinski definition) is 1. The normalized spacial score (nSPS) is 13.0. The second-order valence-corrected chi connectivity index (χ2v) is 4.72. The van der Waals surface area contributed by atoms with Crippen LogP contribution in [0.2, 0.25) is 0 Å². The average Bonchev–Trinajstić information content (AvgIpc) is 2.84. The number of hydrogen-bond acceptors (Lipinski definition) is 4. The highest BCUT2D eigenvalue weighted by Gasteiger charge is 2.17. The molecule has 1 N–H and O–H groups in total. The van der Waals surface area contributed by atoms with Crippen LogP contribution in [0.25, 0.3) is 0 Å². The summed E-state index contributed by atoms with van der Waals surface area (Å²) >= 11 is 4.69. The van der Waals surface area contributed by atoms with Crippen LogP contribution in [-0.4, -0.2) is 19.6 Å². The van der Waals surface area contributed by atoms with Crippen molar-refractivity contribution in [3.8, 4) is 0 Å². The van der Waals surface area contributed by atoms with Crippen molar-refractivity contribution in [2.45, 2.75) is 19.6 Å². The molecule has 6 heteroatoms. The lowest BCUT2D eigenvalue weighted by atomic mass is 10.3. The fraction of sp³-hybridized carbons (Fsp3) is 0.333. The number of aryl methyl sites for hydroxylation is 1. The zero-order chi connectivity index (χ0) is 10.8. The summed E-state index contributed by atoms with van der Waals surface area (Å²) in [6.45, 7) is 2.80. The van der Waals surface area contributed by atoms with Gasteiger partial charge in [-0.05, 0) is 22.9 Å². The predicted octanol–water partition coefficient (Wildman–Crippen LogP) is 2.20. The van der Waals surface area contributed by atoms with Gasteiger partial charge >= 0.3 is 0 Å². The molecule has 0 saturated carbocycles. The Bertz CT molecular complexity index is 454. The quantitative estimate of drug-likeness (QED) is 0.942. The van der Waals surface area contributed by atoms with Crippen LogP contribution >= 0.6 is 27.3 Å². The summed E-state index contributed by atoms with van der Waals surface area (Å²) in [6, 6.07) is 0. The molecule has 0 bridgehead atoms. The Morgan fingerprint density at radius 2 is 2.47 bits per heavy atom. The lowest BCUT2D eigenvalue weighted by Crippen LogP contribution is -2.06. The van der Waals surface area contributed by atoms with Crippen LogP contribution in [0.1, 0.15) is 23.7 Å². The molecule has 0 aliphatic carbocycles. The van der Waals surface area contributed by atoms with Gasteiger partial charge in [0.15, 0.2) is 0 Å². The molecule has 0 spiro atoms. The van der Waals surface area contributed by atoms with Crippen molar-refractivity contribution in [3.05, 3.63) is 33.2 Å². The zero-order valence-corrected chi connectivity index (χ0v) is 10.5. The first kappa shape index (κ1) is 10.8. The summed E-state index contributed by atoms with van der Waals surface area (Å²) < 4.78 is 2.66. The summed E-state index contributed by atoms with van der Waals surface area (Å²) in [5.41, 5.74) is 0.777. The molecule has 2 aromatic heterocycles. The van der Waals surface area contributed by atoms with Crippen molar-refractivity contribution < 1.29 is 5.11 Å². The van der Waals surface area contributed by atoms with Crippen LogP contribution < -0.4 is 0 Å². The number of aromatic nitrogens is 3. The molecule has 1 unspecified atom stereocenters. The molecule has 0 aromatic carbocycles. The van der Waals surface area contributed by atoms with Crippen LogP contribution in [0.4, 0.5) is 0 Å². The predicted molar refractivity (Wildman–Crippen MR) is 61.8 cm³/mol. The van der Waals surface area contributed by atoms with Gasteiger partial charge < -0.3 is 9.67 Å². The Morgan fingerprint density at radius 1 is 1.67 bits per heavy atom. The average molecular weight is 288 g/mol. The molecule has 2 rings (SSSR count). The second kappa shape index (κ2) is 4.42. The van der Waals surface area contributed by atoms with Crippen molar-refractivity contribution in [1.29, 1.82) is 0 Å². The Balaban J connectivity index is 2.31. The maximum absolute atomic E-state index is 10.1. The maximum Gasteiger partial charge on any atom is 0.147 e. The summed E-state index contributed by atoms with van der Waals surface area (Å²) in [6.07, 6.45) is 2.69. The summed E-state index contributed by atoms with van der Waals surface area (Å²) in [4.78, 5) is 8.20. The van der Waals surface area contributed by atoms with Gasteiger partial charge in [-0.3, -0.25) is 0 Å². The first-order chi connectivity index (χ1) is 7.22. The fourth-order valence-electron chi connectivity index (χ4n) is 1.34.